The molecule has 0 radical (unpaired) electrons. The number of rotatable bonds is 6. The molecule has 0 aliphatic carbocycles. The Morgan fingerprint density at radius 2 is 1.97 bits per heavy atom. The lowest BCUT2D eigenvalue weighted by Crippen LogP contribution is -2.54. The van der Waals surface area contributed by atoms with Crippen molar-refractivity contribution in [2.75, 3.05) is 39.8 Å². The maximum Gasteiger partial charge on any atom is 0.220 e. The summed E-state index contributed by atoms with van der Waals surface area (Å²) in [6.07, 6.45) is 2.16. The van der Waals surface area contributed by atoms with Gasteiger partial charge in [-0.05, 0) is 20.3 Å². The molecule has 10 nitrogen and oxygen atoms in total. The molecule has 0 bridgehead atoms. The third kappa shape index (κ3) is 5.92. The first-order valence-corrected chi connectivity index (χ1v) is 10.8. The molecule has 1 aliphatic rings. The molecule has 29 heavy (non-hydrogen) atoms. The highest BCUT2D eigenvalue weighted by Crippen LogP contribution is 2.14. The van der Waals surface area contributed by atoms with Gasteiger partial charge in [0.15, 0.2) is 5.96 Å². The van der Waals surface area contributed by atoms with Crippen LogP contribution in [0, 0.1) is 13.8 Å². The first-order chi connectivity index (χ1) is 13.4. The van der Waals surface area contributed by atoms with Crippen molar-refractivity contribution in [3.8, 4) is 0 Å². The van der Waals surface area contributed by atoms with E-state index in [4.69, 9.17) is 9.05 Å². The number of nitrogens with zero attached hydrogens (tertiary/aromatic N) is 5. The number of guanidine groups is 1. The monoisotopic (exact) mass is 538 g/mol. The normalized spacial score (nSPS) is 16.0. The Labute approximate surface area is 187 Å². The van der Waals surface area contributed by atoms with Gasteiger partial charge in [-0.25, -0.2) is 8.42 Å². The smallest absolute Gasteiger partial charge is 0.220 e. The number of aryl methyl sites for hydroxylation is 2. The fourth-order valence-electron chi connectivity index (χ4n) is 3.26. The molecule has 1 fully saturated rings. The number of hydrogen-bond acceptors (Lipinski definition) is 7. The second-order valence-electron chi connectivity index (χ2n) is 6.66. The molecule has 0 spiro atoms. The zero-order valence-electron chi connectivity index (χ0n) is 16.8. The molecule has 1 N–H and O–H groups in total. The molecule has 0 unspecified atom stereocenters. The molecule has 1 saturated heterocycles. The predicted molar refractivity (Wildman–Crippen MR) is 119 cm³/mol. The first-order valence-electron chi connectivity index (χ1n) is 9.15. The maximum atomic E-state index is 12.5. The number of aliphatic imine (C=N–C) groups is 1. The van der Waals surface area contributed by atoms with Gasteiger partial charge in [0.25, 0.3) is 0 Å². The summed E-state index contributed by atoms with van der Waals surface area (Å²) in [5.41, 5.74) is 2.42. The molecule has 12 heteroatoms. The SMILES string of the molecule is CN=C(NCCc1c(C)noc1C)N1CCN(S(=O)(=O)Cc2ccon2)CC1.I. The van der Waals surface area contributed by atoms with Crippen molar-refractivity contribution >= 4 is 40.0 Å². The average Bonchev–Trinajstić information content (AvgIpc) is 3.29. The Kier molecular flexibility index (Phi) is 8.46. The van der Waals surface area contributed by atoms with Crippen molar-refractivity contribution in [3.05, 3.63) is 35.0 Å². The summed E-state index contributed by atoms with van der Waals surface area (Å²) in [6.45, 7) is 6.49. The molecule has 0 saturated carbocycles. The molecule has 3 rings (SSSR count). The van der Waals surface area contributed by atoms with E-state index in [-0.39, 0.29) is 29.7 Å². The van der Waals surface area contributed by atoms with Gasteiger partial charge in [0.05, 0.1) is 11.4 Å². The van der Waals surface area contributed by atoms with Gasteiger partial charge in [-0.1, -0.05) is 10.3 Å². The highest BCUT2D eigenvalue weighted by molar-refractivity contribution is 14.0. The van der Waals surface area contributed by atoms with E-state index in [0.29, 0.717) is 38.4 Å². The second kappa shape index (κ2) is 10.4. The van der Waals surface area contributed by atoms with Crippen LogP contribution in [0.5, 0.6) is 0 Å². The van der Waals surface area contributed by atoms with Gasteiger partial charge in [-0.3, -0.25) is 4.99 Å². The van der Waals surface area contributed by atoms with Crippen LogP contribution in [0.3, 0.4) is 0 Å². The van der Waals surface area contributed by atoms with Gasteiger partial charge in [-0.15, -0.1) is 24.0 Å². The molecule has 2 aromatic heterocycles. The van der Waals surface area contributed by atoms with Crippen LogP contribution < -0.4 is 5.32 Å². The van der Waals surface area contributed by atoms with Crippen molar-refractivity contribution < 1.29 is 17.5 Å². The quantitative estimate of drug-likeness (QED) is 0.331. The fraction of sp³-hybridized carbons (Fsp3) is 0.588. The van der Waals surface area contributed by atoms with Gasteiger partial charge in [0.1, 0.15) is 17.8 Å². The second-order valence-corrected chi connectivity index (χ2v) is 8.63. The van der Waals surface area contributed by atoms with E-state index in [9.17, 15) is 8.42 Å². The van der Waals surface area contributed by atoms with Crippen LogP contribution in [0.15, 0.2) is 26.4 Å². The van der Waals surface area contributed by atoms with Gasteiger partial charge >= 0.3 is 0 Å². The Morgan fingerprint density at radius 3 is 2.52 bits per heavy atom. The maximum absolute atomic E-state index is 12.5. The largest absolute Gasteiger partial charge is 0.364 e. The van der Waals surface area contributed by atoms with Gasteiger partial charge < -0.3 is 19.3 Å². The van der Waals surface area contributed by atoms with Crippen LogP contribution in [0.4, 0.5) is 0 Å². The van der Waals surface area contributed by atoms with E-state index >= 15 is 0 Å². The average molecular weight is 538 g/mol. The summed E-state index contributed by atoms with van der Waals surface area (Å²) in [5.74, 6) is 1.45. The van der Waals surface area contributed by atoms with E-state index in [2.05, 4.69) is 25.5 Å². The summed E-state index contributed by atoms with van der Waals surface area (Å²) in [5, 5.41) is 11.0. The Balaban J connectivity index is 0.00000300. The molecule has 162 valence electrons. The molecule has 0 atom stereocenters. The minimum absolute atomic E-state index is 0. The molecule has 3 heterocycles. The fourth-order valence-corrected chi connectivity index (χ4v) is 4.68. The molecular formula is C17H27IN6O4S. The van der Waals surface area contributed by atoms with Crippen LogP contribution in [0.25, 0.3) is 0 Å². The number of nitrogens with one attached hydrogen (secondary N) is 1. The molecule has 1 aliphatic heterocycles. The molecule has 0 aromatic carbocycles. The minimum atomic E-state index is -3.41. The third-order valence-corrected chi connectivity index (χ3v) is 6.62. The van der Waals surface area contributed by atoms with Crippen molar-refractivity contribution in [2.24, 2.45) is 4.99 Å². The highest BCUT2D eigenvalue weighted by Gasteiger charge is 2.29. The van der Waals surface area contributed by atoms with E-state index in [1.54, 1.807) is 13.1 Å². The number of aromatic nitrogens is 2. The summed E-state index contributed by atoms with van der Waals surface area (Å²) in [4.78, 5) is 6.39. The lowest BCUT2D eigenvalue weighted by Gasteiger charge is -2.35. The Morgan fingerprint density at radius 1 is 1.24 bits per heavy atom. The van der Waals surface area contributed by atoms with E-state index in [0.717, 1.165) is 29.4 Å². The van der Waals surface area contributed by atoms with E-state index < -0.39 is 10.0 Å². The minimum Gasteiger partial charge on any atom is -0.364 e. The first kappa shape index (κ1) is 23.6. The van der Waals surface area contributed by atoms with Crippen molar-refractivity contribution in [1.82, 2.24) is 24.8 Å². The summed E-state index contributed by atoms with van der Waals surface area (Å²) in [6, 6.07) is 1.57. The number of halogens is 1. The summed E-state index contributed by atoms with van der Waals surface area (Å²) < 4.78 is 36.5. The van der Waals surface area contributed by atoms with E-state index in [1.807, 2.05) is 13.8 Å². The zero-order valence-corrected chi connectivity index (χ0v) is 19.9. The standard InChI is InChI=1S/C17H26N6O4S.HI/c1-13-16(14(2)27-20-13)4-6-19-17(18-3)22-7-9-23(10-8-22)28(24,25)12-15-5-11-26-21-15;/h5,11H,4,6-10,12H2,1-3H3,(H,18,19);1H. The molecule has 0 amide bonds. The summed E-state index contributed by atoms with van der Waals surface area (Å²) >= 11 is 0. The van der Waals surface area contributed by atoms with Crippen molar-refractivity contribution in [1.29, 1.82) is 0 Å². The Hall–Kier alpha value is -1.67. The topological polar surface area (TPSA) is 117 Å². The van der Waals surface area contributed by atoms with Gasteiger partial charge in [0.2, 0.25) is 10.0 Å². The lowest BCUT2D eigenvalue weighted by atomic mass is 10.1. The van der Waals surface area contributed by atoms with Gasteiger partial charge in [-0.2, -0.15) is 4.31 Å². The number of hydrogen-bond donors (Lipinski definition) is 1. The zero-order chi connectivity index (χ0) is 20.1. The van der Waals surface area contributed by atoms with Crippen LogP contribution >= 0.6 is 24.0 Å². The van der Waals surface area contributed by atoms with Crippen LogP contribution in [0.1, 0.15) is 22.7 Å². The van der Waals surface area contributed by atoms with Crippen molar-refractivity contribution in [2.45, 2.75) is 26.0 Å². The highest BCUT2D eigenvalue weighted by atomic mass is 127. The van der Waals surface area contributed by atoms with Gasteiger partial charge in [0, 0.05) is 51.4 Å². The molecule has 2 aromatic rings. The number of sulfonamides is 1. The van der Waals surface area contributed by atoms with Crippen LogP contribution in [-0.2, 0) is 22.2 Å². The van der Waals surface area contributed by atoms with Crippen molar-refractivity contribution in [3.63, 3.8) is 0 Å². The Bertz CT molecular complexity index is 885. The summed E-state index contributed by atoms with van der Waals surface area (Å²) in [7, 11) is -1.68. The van der Waals surface area contributed by atoms with Crippen LogP contribution in [-0.4, -0.2) is 73.7 Å². The van der Waals surface area contributed by atoms with E-state index in [1.165, 1.54) is 10.6 Å². The van der Waals surface area contributed by atoms with Crippen LogP contribution in [0.2, 0.25) is 0 Å². The predicted octanol–water partition coefficient (Wildman–Crippen LogP) is 1.16. The number of piperazine rings is 1. The third-order valence-electron chi connectivity index (χ3n) is 4.80. The lowest BCUT2D eigenvalue weighted by molar-refractivity contribution is 0.260. The molecular weight excluding hydrogens is 511 g/mol.